The highest BCUT2D eigenvalue weighted by Gasteiger charge is 2.11. The molecule has 0 fully saturated rings. The SMILES string of the molecule is O=C(Nc1cccc(S(=O)(=O)Cl)c1)c1ccccc1. The van der Waals surface area contributed by atoms with Crippen molar-refractivity contribution in [2.24, 2.45) is 0 Å². The van der Waals surface area contributed by atoms with Gasteiger partial charge >= 0.3 is 0 Å². The Kier molecular flexibility index (Phi) is 3.87. The number of anilines is 1. The summed E-state index contributed by atoms with van der Waals surface area (Å²) in [5, 5.41) is 2.61. The average molecular weight is 296 g/mol. The summed E-state index contributed by atoms with van der Waals surface area (Å²) in [6.45, 7) is 0. The van der Waals surface area contributed by atoms with E-state index in [1.54, 1.807) is 36.4 Å². The third kappa shape index (κ3) is 3.56. The lowest BCUT2D eigenvalue weighted by Gasteiger charge is -2.06. The van der Waals surface area contributed by atoms with Gasteiger partial charge in [0.25, 0.3) is 15.0 Å². The Morgan fingerprint density at radius 2 is 1.68 bits per heavy atom. The molecule has 0 radical (unpaired) electrons. The predicted molar refractivity (Wildman–Crippen MR) is 73.9 cm³/mol. The van der Waals surface area contributed by atoms with Crippen LogP contribution < -0.4 is 5.32 Å². The standard InChI is InChI=1S/C13H10ClNO3S/c14-19(17,18)12-8-4-7-11(9-12)15-13(16)10-5-2-1-3-6-10/h1-9H,(H,15,16). The van der Waals surface area contributed by atoms with Crippen LogP contribution in [0.5, 0.6) is 0 Å². The first-order chi connectivity index (χ1) is 8.97. The minimum atomic E-state index is -3.80. The van der Waals surface area contributed by atoms with E-state index in [-0.39, 0.29) is 10.8 Å². The zero-order chi connectivity index (χ0) is 13.9. The molecule has 0 saturated heterocycles. The van der Waals surface area contributed by atoms with Crippen LogP contribution in [-0.2, 0) is 9.05 Å². The second-order valence-corrected chi connectivity index (χ2v) is 6.35. The molecule has 2 rings (SSSR count). The summed E-state index contributed by atoms with van der Waals surface area (Å²) in [6, 6.07) is 14.4. The molecule has 0 aromatic heterocycles. The van der Waals surface area contributed by atoms with Crippen LogP contribution in [0.15, 0.2) is 59.5 Å². The van der Waals surface area contributed by atoms with E-state index in [0.29, 0.717) is 11.3 Å². The van der Waals surface area contributed by atoms with E-state index in [2.05, 4.69) is 5.32 Å². The highest BCUT2D eigenvalue weighted by Crippen LogP contribution is 2.19. The molecule has 2 aromatic carbocycles. The van der Waals surface area contributed by atoms with Gasteiger partial charge in [0.2, 0.25) is 0 Å². The summed E-state index contributed by atoms with van der Waals surface area (Å²) in [7, 11) is 1.44. The summed E-state index contributed by atoms with van der Waals surface area (Å²) in [4.78, 5) is 11.8. The third-order valence-corrected chi connectivity index (χ3v) is 3.76. The maximum atomic E-state index is 11.9. The normalized spacial score (nSPS) is 11.0. The molecule has 6 heteroatoms. The van der Waals surface area contributed by atoms with Gasteiger partial charge in [0.15, 0.2) is 0 Å². The van der Waals surface area contributed by atoms with E-state index in [9.17, 15) is 13.2 Å². The maximum absolute atomic E-state index is 11.9. The summed E-state index contributed by atoms with van der Waals surface area (Å²) in [5.74, 6) is -0.315. The van der Waals surface area contributed by atoms with Gasteiger partial charge in [-0.1, -0.05) is 24.3 Å². The van der Waals surface area contributed by atoms with Crippen LogP contribution >= 0.6 is 10.7 Å². The largest absolute Gasteiger partial charge is 0.322 e. The van der Waals surface area contributed by atoms with Gasteiger partial charge in [-0.25, -0.2) is 8.42 Å². The lowest BCUT2D eigenvalue weighted by atomic mass is 10.2. The number of rotatable bonds is 3. The first-order valence-corrected chi connectivity index (χ1v) is 7.69. The molecular weight excluding hydrogens is 286 g/mol. The Labute approximate surface area is 115 Å². The molecular formula is C13H10ClNO3S. The Morgan fingerprint density at radius 1 is 1.00 bits per heavy atom. The van der Waals surface area contributed by atoms with E-state index in [1.165, 1.54) is 18.2 Å². The molecule has 98 valence electrons. The maximum Gasteiger partial charge on any atom is 0.261 e. The first-order valence-electron chi connectivity index (χ1n) is 5.38. The van der Waals surface area contributed by atoms with E-state index < -0.39 is 9.05 Å². The van der Waals surface area contributed by atoms with Crippen molar-refractivity contribution < 1.29 is 13.2 Å². The predicted octanol–water partition coefficient (Wildman–Crippen LogP) is 2.87. The number of benzene rings is 2. The van der Waals surface area contributed by atoms with Crippen LogP contribution in [0.4, 0.5) is 5.69 Å². The topological polar surface area (TPSA) is 63.2 Å². The molecule has 0 spiro atoms. The minimum absolute atomic E-state index is 0.0555. The molecule has 0 aliphatic heterocycles. The van der Waals surface area contributed by atoms with Crippen LogP contribution in [0.25, 0.3) is 0 Å². The molecule has 0 aliphatic rings. The molecule has 4 nitrogen and oxygen atoms in total. The molecule has 19 heavy (non-hydrogen) atoms. The summed E-state index contributed by atoms with van der Waals surface area (Å²) in [6.07, 6.45) is 0. The number of hydrogen-bond acceptors (Lipinski definition) is 3. The fraction of sp³-hybridized carbons (Fsp3) is 0. The van der Waals surface area contributed by atoms with Crippen LogP contribution in [0, 0.1) is 0 Å². The van der Waals surface area contributed by atoms with Gasteiger partial charge in [0, 0.05) is 21.9 Å². The van der Waals surface area contributed by atoms with E-state index in [4.69, 9.17) is 10.7 Å². The van der Waals surface area contributed by atoms with Crippen molar-refractivity contribution in [2.75, 3.05) is 5.32 Å². The van der Waals surface area contributed by atoms with Crippen molar-refractivity contribution in [2.45, 2.75) is 4.90 Å². The molecule has 0 heterocycles. The fourth-order valence-corrected chi connectivity index (χ4v) is 2.32. The van der Waals surface area contributed by atoms with Gasteiger partial charge in [-0.15, -0.1) is 0 Å². The minimum Gasteiger partial charge on any atom is -0.322 e. The van der Waals surface area contributed by atoms with Gasteiger partial charge in [-0.2, -0.15) is 0 Å². The van der Waals surface area contributed by atoms with Crippen molar-refractivity contribution in [1.29, 1.82) is 0 Å². The first kappa shape index (κ1) is 13.6. The van der Waals surface area contributed by atoms with Gasteiger partial charge in [-0.05, 0) is 30.3 Å². The van der Waals surface area contributed by atoms with Crippen molar-refractivity contribution in [3.05, 3.63) is 60.2 Å². The number of carbonyl (C=O) groups excluding carboxylic acids is 1. The van der Waals surface area contributed by atoms with Crippen molar-refractivity contribution >= 4 is 31.3 Å². The molecule has 0 saturated carbocycles. The molecule has 2 aromatic rings. The highest BCUT2D eigenvalue weighted by atomic mass is 35.7. The van der Waals surface area contributed by atoms with Gasteiger partial charge in [0.05, 0.1) is 4.90 Å². The molecule has 1 amide bonds. The molecule has 0 bridgehead atoms. The number of halogens is 1. The zero-order valence-electron chi connectivity index (χ0n) is 9.71. The number of amides is 1. The van der Waals surface area contributed by atoms with Gasteiger partial charge in [0.1, 0.15) is 0 Å². The van der Waals surface area contributed by atoms with E-state index in [1.807, 2.05) is 0 Å². The monoisotopic (exact) mass is 295 g/mol. The number of carbonyl (C=O) groups is 1. The second kappa shape index (κ2) is 5.42. The van der Waals surface area contributed by atoms with Crippen LogP contribution in [0.3, 0.4) is 0 Å². The second-order valence-electron chi connectivity index (χ2n) is 3.79. The fourth-order valence-electron chi connectivity index (χ4n) is 1.52. The van der Waals surface area contributed by atoms with Crippen molar-refractivity contribution in [3.8, 4) is 0 Å². The number of hydrogen-bond donors (Lipinski definition) is 1. The zero-order valence-corrected chi connectivity index (χ0v) is 11.3. The Balaban J connectivity index is 2.23. The molecule has 0 aliphatic carbocycles. The average Bonchev–Trinajstić information content (AvgIpc) is 2.39. The Hall–Kier alpha value is -1.85. The molecule has 0 unspecified atom stereocenters. The molecule has 1 N–H and O–H groups in total. The quantitative estimate of drug-likeness (QED) is 0.886. The van der Waals surface area contributed by atoms with Gasteiger partial charge < -0.3 is 5.32 Å². The molecule has 0 atom stereocenters. The Morgan fingerprint density at radius 3 is 2.32 bits per heavy atom. The lowest BCUT2D eigenvalue weighted by Crippen LogP contribution is -2.11. The van der Waals surface area contributed by atoms with Crippen LogP contribution in [-0.4, -0.2) is 14.3 Å². The van der Waals surface area contributed by atoms with E-state index in [0.717, 1.165) is 0 Å². The van der Waals surface area contributed by atoms with Gasteiger partial charge in [-0.3, -0.25) is 4.79 Å². The smallest absolute Gasteiger partial charge is 0.261 e. The van der Waals surface area contributed by atoms with Crippen molar-refractivity contribution in [3.63, 3.8) is 0 Å². The van der Waals surface area contributed by atoms with Crippen molar-refractivity contribution in [1.82, 2.24) is 0 Å². The summed E-state index contributed by atoms with van der Waals surface area (Å²) in [5.41, 5.74) is 0.859. The lowest BCUT2D eigenvalue weighted by molar-refractivity contribution is 0.102. The Bertz CT molecular complexity index is 699. The third-order valence-electron chi connectivity index (χ3n) is 2.41. The summed E-state index contributed by atoms with van der Waals surface area (Å²) >= 11 is 0. The summed E-state index contributed by atoms with van der Waals surface area (Å²) < 4.78 is 22.4. The van der Waals surface area contributed by atoms with Crippen LogP contribution in [0.1, 0.15) is 10.4 Å². The van der Waals surface area contributed by atoms with Crippen LogP contribution in [0.2, 0.25) is 0 Å². The van der Waals surface area contributed by atoms with E-state index >= 15 is 0 Å². The highest BCUT2D eigenvalue weighted by molar-refractivity contribution is 8.13. The number of nitrogens with one attached hydrogen (secondary N) is 1.